The topological polar surface area (TPSA) is 112 Å². The molecule has 0 radical (unpaired) electrons. The molecule has 188 valence electrons. The molecule has 5 rings (SSSR count). The summed E-state index contributed by atoms with van der Waals surface area (Å²) >= 11 is 0. The predicted octanol–water partition coefficient (Wildman–Crippen LogP) is 4.38. The molecule has 8 nitrogen and oxygen atoms in total. The molecule has 0 bridgehead atoms. The zero-order chi connectivity index (χ0) is 25.6. The summed E-state index contributed by atoms with van der Waals surface area (Å²) in [6.07, 6.45) is 2.46. The van der Waals surface area contributed by atoms with Gasteiger partial charge in [-0.1, -0.05) is 18.2 Å². The summed E-state index contributed by atoms with van der Waals surface area (Å²) in [4.78, 5) is 27.4. The molecule has 36 heavy (non-hydrogen) atoms. The van der Waals surface area contributed by atoms with Crippen LogP contribution in [0.5, 0.6) is 0 Å². The van der Waals surface area contributed by atoms with Crippen molar-refractivity contribution in [3.05, 3.63) is 68.9 Å². The van der Waals surface area contributed by atoms with Crippen molar-refractivity contribution in [3.63, 3.8) is 0 Å². The third-order valence-corrected chi connectivity index (χ3v) is 7.50. The lowest BCUT2D eigenvalue weighted by Gasteiger charge is -2.40. The maximum absolute atomic E-state index is 13.5. The molecule has 2 aliphatic rings. The van der Waals surface area contributed by atoms with Crippen molar-refractivity contribution in [1.29, 1.82) is 0 Å². The second-order valence-corrected chi connectivity index (χ2v) is 10.3. The minimum absolute atomic E-state index is 0.0725. The maximum atomic E-state index is 13.5. The number of benzene rings is 2. The molecule has 0 amide bonds. The molecule has 2 saturated heterocycles. The monoisotopic (exact) mass is 490 g/mol. The molecule has 3 aromatic rings. The van der Waals surface area contributed by atoms with Gasteiger partial charge in [-0.25, -0.2) is 4.79 Å². The Morgan fingerprint density at radius 2 is 2.03 bits per heavy atom. The second kappa shape index (κ2) is 9.30. The summed E-state index contributed by atoms with van der Waals surface area (Å²) in [6.45, 7) is 7.57. The summed E-state index contributed by atoms with van der Waals surface area (Å²) in [5.41, 5.74) is 3.23. The van der Waals surface area contributed by atoms with Gasteiger partial charge in [0, 0.05) is 36.4 Å². The van der Waals surface area contributed by atoms with E-state index in [0.29, 0.717) is 47.6 Å². The van der Waals surface area contributed by atoms with Crippen LogP contribution in [0.3, 0.4) is 0 Å². The van der Waals surface area contributed by atoms with Gasteiger partial charge in [0.1, 0.15) is 5.58 Å². The number of fused-ring (bicyclic) bond motifs is 1. The average Bonchev–Trinajstić information content (AvgIpc) is 3.20. The third-order valence-electron chi connectivity index (χ3n) is 7.50. The summed E-state index contributed by atoms with van der Waals surface area (Å²) < 4.78 is 12.0. The summed E-state index contributed by atoms with van der Waals surface area (Å²) in [6, 6.07) is 10.3. The zero-order valence-corrected chi connectivity index (χ0v) is 20.8. The van der Waals surface area contributed by atoms with E-state index in [2.05, 4.69) is 10.2 Å². The molecule has 2 atom stereocenters. The molecule has 1 spiro atoms. The van der Waals surface area contributed by atoms with Crippen LogP contribution in [0.1, 0.15) is 52.9 Å². The molecule has 1 aromatic heterocycles. The van der Waals surface area contributed by atoms with Crippen molar-refractivity contribution in [2.45, 2.75) is 46.0 Å². The van der Waals surface area contributed by atoms with Gasteiger partial charge < -0.3 is 29.4 Å². The van der Waals surface area contributed by atoms with Crippen LogP contribution in [0.2, 0.25) is 6.32 Å². The Bertz CT molecular complexity index is 1380. The second-order valence-electron chi connectivity index (χ2n) is 10.3. The Hall–Kier alpha value is -3.30. The molecule has 0 saturated carbocycles. The van der Waals surface area contributed by atoms with Crippen molar-refractivity contribution < 1.29 is 24.0 Å². The number of carboxylic acid groups (broad SMARTS) is 1. The van der Waals surface area contributed by atoms with Crippen molar-refractivity contribution in [2.24, 2.45) is 5.41 Å². The van der Waals surface area contributed by atoms with Gasteiger partial charge in [0.05, 0.1) is 22.6 Å². The van der Waals surface area contributed by atoms with Gasteiger partial charge in [0.15, 0.2) is 5.43 Å². The van der Waals surface area contributed by atoms with Crippen molar-refractivity contribution in [3.8, 4) is 0 Å². The first-order chi connectivity index (χ1) is 17.2. The number of carboxylic acids is 1. The number of aromatic carboxylic acids is 1. The van der Waals surface area contributed by atoms with Crippen LogP contribution in [0.15, 0.2) is 45.6 Å². The van der Waals surface area contributed by atoms with Gasteiger partial charge in [-0.15, -0.1) is 0 Å². The third kappa shape index (κ3) is 4.37. The minimum atomic E-state index is -1.01. The number of nitrogens with zero attached hydrogens (tertiary/aromatic N) is 1. The van der Waals surface area contributed by atoms with E-state index >= 15 is 0 Å². The number of rotatable bonds is 5. The highest BCUT2D eigenvalue weighted by molar-refractivity contribution is 6.43. The number of aryl methyl sites for hydroxylation is 1. The SMILES string of the molecule is Cc1cc([C@@H](C)Nc2ccccc2C(=O)O)c2oc(N3CCCC4(COB(O)C4)C3)c(C)c(=O)c2c1. The smallest absolute Gasteiger partial charge is 0.454 e. The van der Waals surface area contributed by atoms with E-state index in [1.165, 1.54) is 0 Å². The number of para-hydroxylation sites is 1. The molecule has 9 heteroatoms. The lowest BCUT2D eigenvalue weighted by Crippen LogP contribution is -2.44. The zero-order valence-electron chi connectivity index (χ0n) is 20.8. The van der Waals surface area contributed by atoms with E-state index in [1.54, 1.807) is 31.2 Å². The lowest BCUT2D eigenvalue weighted by molar-refractivity contribution is 0.0698. The van der Waals surface area contributed by atoms with Gasteiger partial charge >= 0.3 is 13.1 Å². The average molecular weight is 490 g/mol. The van der Waals surface area contributed by atoms with E-state index < -0.39 is 13.1 Å². The highest BCUT2D eigenvalue weighted by Crippen LogP contribution is 2.42. The van der Waals surface area contributed by atoms with Crippen LogP contribution < -0.4 is 15.6 Å². The largest absolute Gasteiger partial charge is 0.478 e. The van der Waals surface area contributed by atoms with Gasteiger partial charge in [-0.2, -0.15) is 0 Å². The van der Waals surface area contributed by atoms with Crippen LogP contribution in [-0.2, 0) is 4.65 Å². The fourth-order valence-electron chi connectivity index (χ4n) is 5.71. The van der Waals surface area contributed by atoms with E-state index in [9.17, 15) is 19.7 Å². The Balaban J connectivity index is 1.57. The number of hydrogen-bond donors (Lipinski definition) is 3. The van der Waals surface area contributed by atoms with Crippen molar-refractivity contribution in [2.75, 3.05) is 29.9 Å². The quantitative estimate of drug-likeness (QED) is 0.452. The number of hydrogen-bond acceptors (Lipinski definition) is 7. The molecule has 3 heterocycles. The van der Waals surface area contributed by atoms with Crippen LogP contribution in [0, 0.1) is 19.3 Å². The standard InChI is InChI=1S/C27H31BN2O6/c1-16-11-20(18(3)29-22-8-5-4-7-19(22)26(32)33)24-21(12-16)23(31)17(2)25(36-24)30-10-6-9-27(14-30)13-28(34)35-15-27/h4-5,7-8,11-12,18,29,34H,6,9-10,13-15H2,1-3H3,(H,32,33)/t18-,27?/m1/s1. The van der Waals surface area contributed by atoms with Gasteiger partial charge in [0.25, 0.3) is 0 Å². The Morgan fingerprint density at radius 1 is 1.25 bits per heavy atom. The molecule has 1 unspecified atom stereocenters. The minimum Gasteiger partial charge on any atom is -0.478 e. The van der Waals surface area contributed by atoms with Crippen LogP contribution in [-0.4, -0.2) is 42.9 Å². The summed E-state index contributed by atoms with van der Waals surface area (Å²) in [5.74, 6) is -0.458. The van der Waals surface area contributed by atoms with Crippen LogP contribution in [0.25, 0.3) is 11.0 Å². The first-order valence-electron chi connectivity index (χ1n) is 12.4. The van der Waals surface area contributed by atoms with Crippen molar-refractivity contribution in [1.82, 2.24) is 0 Å². The van der Waals surface area contributed by atoms with E-state index in [4.69, 9.17) is 9.07 Å². The molecular weight excluding hydrogens is 459 g/mol. The van der Waals surface area contributed by atoms with Crippen LogP contribution >= 0.6 is 0 Å². The fourth-order valence-corrected chi connectivity index (χ4v) is 5.71. The molecule has 2 aromatic carbocycles. The summed E-state index contributed by atoms with van der Waals surface area (Å²) in [5, 5.41) is 23.4. The lowest BCUT2D eigenvalue weighted by atomic mass is 9.68. The van der Waals surface area contributed by atoms with Gasteiger partial charge in [-0.05, 0) is 63.7 Å². The molecule has 2 fully saturated rings. The molecule has 0 aliphatic carbocycles. The van der Waals surface area contributed by atoms with Crippen LogP contribution in [0.4, 0.5) is 11.6 Å². The molecular formula is C27H31BN2O6. The Morgan fingerprint density at radius 3 is 2.75 bits per heavy atom. The number of anilines is 2. The fraction of sp³-hybridized carbons (Fsp3) is 0.407. The van der Waals surface area contributed by atoms with E-state index in [1.807, 2.05) is 26.0 Å². The summed E-state index contributed by atoms with van der Waals surface area (Å²) in [7, 11) is -0.746. The number of nitrogens with one attached hydrogen (secondary N) is 1. The van der Waals surface area contributed by atoms with Gasteiger partial charge in [0.2, 0.25) is 5.88 Å². The van der Waals surface area contributed by atoms with E-state index in [0.717, 1.165) is 30.5 Å². The highest BCUT2D eigenvalue weighted by Gasteiger charge is 2.45. The van der Waals surface area contributed by atoms with E-state index in [-0.39, 0.29) is 22.4 Å². The highest BCUT2D eigenvalue weighted by atomic mass is 16.5. The number of carbonyl (C=O) groups is 1. The molecule has 2 aliphatic heterocycles. The first-order valence-corrected chi connectivity index (χ1v) is 12.4. The first kappa shape index (κ1) is 24.4. The Labute approximate surface area is 210 Å². The molecule has 3 N–H and O–H groups in total. The normalized spacial score (nSPS) is 20.8. The number of piperidine rings is 1. The van der Waals surface area contributed by atoms with Gasteiger partial charge in [-0.3, -0.25) is 4.79 Å². The van der Waals surface area contributed by atoms with Crippen molar-refractivity contribution >= 4 is 35.6 Å². The maximum Gasteiger partial charge on any atom is 0.454 e. The Kier molecular flexibility index (Phi) is 6.30. The predicted molar refractivity (Wildman–Crippen MR) is 140 cm³/mol.